The molecule has 0 radical (unpaired) electrons. The molecule has 2 amide bonds. The van der Waals surface area contributed by atoms with E-state index >= 15 is 0 Å². The van der Waals surface area contributed by atoms with E-state index in [1.165, 1.54) is 0 Å². The summed E-state index contributed by atoms with van der Waals surface area (Å²) in [6.07, 6.45) is -0.988. The standard InChI is InChI=1S/2C4H8N2O4.Ca/c2*5-3(7)1-2(6-10)4(8)9;/h2*2H,1,6H2,(H2,5,7)(H,8,9);/q;;+2/p-2/t2*2-;/m00./s1. The monoisotopic (exact) mass is 334 g/mol. The summed E-state index contributed by atoms with van der Waals surface area (Å²) in [5.74, 6) is -4.81. The van der Waals surface area contributed by atoms with Gasteiger partial charge in [0.1, 0.15) is 12.1 Å². The van der Waals surface area contributed by atoms with Crippen LogP contribution < -0.4 is 32.6 Å². The van der Waals surface area contributed by atoms with Gasteiger partial charge in [0.05, 0.1) is 24.8 Å². The van der Waals surface area contributed by atoms with E-state index in [-0.39, 0.29) is 48.7 Å². The molecule has 0 unspecified atom stereocenters. The molecule has 8 N–H and O–H groups in total. The van der Waals surface area contributed by atoms with E-state index in [0.29, 0.717) is 0 Å². The van der Waals surface area contributed by atoms with Crippen molar-refractivity contribution in [3.05, 3.63) is 10.4 Å². The summed E-state index contributed by atoms with van der Waals surface area (Å²) in [7, 11) is 0. The average Bonchev–Trinajstić information content (AvgIpc) is 2.32. The summed E-state index contributed by atoms with van der Waals surface area (Å²) in [5.41, 5.74) is 9.49. The quantitative estimate of drug-likeness (QED) is 0.244. The summed E-state index contributed by atoms with van der Waals surface area (Å²) in [5, 5.41) is 39.5. The Morgan fingerprint density at radius 1 is 0.810 bits per heavy atom. The van der Waals surface area contributed by atoms with Gasteiger partial charge >= 0.3 is 37.7 Å². The molecule has 0 rings (SSSR count). The molecule has 116 valence electrons. The number of carbonyl (C=O) groups is 4. The third-order valence-electron chi connectivity index (χ3n) is 1.78. The van der Waals surface area contributed by atoms with Gasteiger partial charge in [0.25, 0.3) is 0 Å². The summed E-state index contributed by atoms with van der Waals surface area (Å²) in [6.45, 7) is 0. The van der Waals surface area contributed by atoms with Gasteiger partial charge in [-0.2, -0.15) is 0 Å². The van der Waals surface area contributed by atoms with Crippen LogP contribution in [0.2, 0.25) is 0 Å². The zero-order valence-electron chi connectivity index (χ0n) is 10.9. The zero-order valence-corrected chi connectivity index (χ0v) is 13.1. The number of carbonyl (C=O) groups excluding carboxylic acids is 4. The van der Waals surface area contributed by atoms with Crippen LogP contribution in [-0.2, 0) is 19.2 Å². The van der Waals surface area contributed by atoms with Crippen LogP contribution in [0.1, 0.15) is 12.8 Å². The van der Waals surface area contributed by atoms with E-state index in [4.69, 9.17) is 0 Å². The van der Waals surface area contributed by atoms with Gasteiger partial charge in [0, 0.05) is 0 Å². The van der Waals surface area contributed by atoms with Crippen LogP contribution in [0.3, 0.4) is 0 Å². The van der Waals surface area contributed by atoms with Crippen LogP contribution in [-0.4, -0.2) is 73.6 Å². The number of carboxylic acid groups (broad SMARTS) is 2. The molecule has 12 nitrogen and oxygen atoms in total. The predicted molar refractivity (Wildman–Crippen MR) is 61.6 cm³/mol. The molecule has 0 saturated heterocycles. The first kappa shape index (κ1) is 25.0. The van der Waals surface area contributed by atoms with Crippen molar-refractivity contribution < 1.29 is 40.4 Å². The van der Waals surface area contributed by atoms with Gasteiger partial charge < -0.3 is 52.6 Å². The van der Waals surface area contributed by atoms with Crippen molar-refractivity contribution in [3.8, 4) is 0 Å². The Balaban J connectivity index is -0.000000295. The van der Waals surface area contributed by atoms with Gasteiger partial charge in [-0.25, -0.2) is 0 Å². The molecule has 0 saturated carbocycles. The van der Waals surface area contributed by atoms with Gasteiger partial charge in [0.2, 0.25) is 11.8 Å². The van der Waals surface area contributed by atoms with Crippen molar-refractivity contribution in [2.45, 2.75) is 24.9 Å². The molecule has 0 aromatic carbocycles. The van der Waals surface area contributed by atoms with E-state index < -0.39 is 48.7 Å². The maximum Gasteiger partial charge on any atom is 2.00 e. The summed E-state index contributed by atoms with van der Waals surface area (Å²) in [4.78, 5) is 39.9. The molecule has 0 fully saturated rings. The molecule has 0 aliphatic heterocycles. The first-order chi connectivity index (χ1) is 9.15. The fourth-order valence-corrected chi connectivity index (χ4v) is 0.807. The molecule has 21 heavy (non-hydrogen) atoms. The fourth-order valence-electron chi connectivity index (χ4n) is 0.807. The van der Waals surface area contributed by atoms with Gasteiger partial charge in [0.15, 0.2) is 0 Å². The van der Waals surface area contributed by atoms with Gasteiger partial charge in [-0.3, -0.25) is 9.59 Å². The fraction of sp³-hybridized carbons (Fsp3) is 0.500. The molecular formula is C8H14CaN4O8. The van der Waals surface area contributed by atoms with Crippen molar-refractivity contribution in [3.63, 3.8) is 0 Å². The Morgan fingerprint density at radius 2 is 1.05 bits per heavy atom. The van der Waals surface area contributed by atoms with Crippen LogP contribution >= 0.6 is 0 Å². The molecule has 2 atom stereocenters. The summed E-state index contributed by atoms with van der Waals surface area (Å²) >= 11 is 0. The third kappa shape index (κ3) is 15.2. The second kappa shape index (κ2) is 13.9. The maximum atomic E-state index is 10.0. The van der Waals surface area contributed by atoms with Crippen molar-refractivity contribution in [1.82, 2.24) is 0 Å². The van der Waals surface area contributed by atoms with Crippen molar-refractivity contribution in [2.75, 3.05) is 0 Å². The van der Waals surface area contributed by atoms with Gasteiger partial charge in [-0.15, -0.1) is 0 Å². The minimum atomic E-state index is -1.58. The second-order valence-electron chi connectivity index (χ2n) is 3.46. The number of primary amides is 2. The number of rotatable bonds is 8. The SMILES string of the molecule is NC(=O)C[C@H]([NH2+][O-])C(=O)[O-].NC(=O)C[C@H]([NH2+][O-])C(=O)[O-].[Ca+2]. The van der Waals surface area contributed by atoms with Crippen LogP contribution in [0.4, 0.5) is 0 Å². The van der Waals surface area contributed by atoms with Gasteiger partial charge in [-0.1, -0.05) is 0 Å². The summed E-state index contributed by atoms with van der Waals surface area (Å²) < 4.78 is 0. The molecule has 13 heteroatoms. The normalized spacial score (nSPS) is 11.9. The van der Waals surface area contributed by atoms with Crippen LogP contribution in [0, 0.1) is 10.4 Å². The Kier molecular flexibility index (Phi) is 16.6. The Morgan fingerprint density at radius 3 is 1.10 bits per heavy atom. The molecule has 0 aliphatic rings. The number of hydrogen-bond acceptors (Lipinski definition) is 8. The Labute approximate surface area is 148 Å². The molecule has 0 heterocycles. The number of carboxylic acids is 2. The van der Waals surface area contributed by atoms with Crippen LogP contribution in [0.5, 0.6) is 0 Å². The minimum absolute atomic E-state index is 0. The molecule has 0 bridgehead atoms. The van der Waals surface area contributed by atoms with E-state index in [9.17, 15) is 39.8 Å². The Bertz CT molecular complexity index is 332. The van der Waals surface area contributed by atoms with Gasteiger partial charge in [-0.05, 0) is 0 Å². The van der Waals surface area contributed by atoms with E-state index in [1.807, 2.05) is 0 Å². The first-order valence-corrected chi connectivity index (χ1v) is 5.04. The number of aliphatic carboxylic acids is 2. The number of nitrogens with two attached hydrogens (primary N) is 4. The van der Waals surface area contributed by atoms with Crippen LogP contribution in [0.25, 0.3) is 0 Å². The largest absolute Gasteiger partial charge is 2.00 e. The number of quaternary nitrogens is 2. The number of amides is 2. The first-order valence-electron chi connectivity index (χ1n) is 5.04. The van der Waals surface area contributed by atoms with Crippen molar-refractivity contribution in [2.24, 2.45) is 11.5 Å². The summed E-state index contributed by atoms with van der Waals surface area (Å²) in [6, 6.07) is -2.81. The van der Waals surface area contributed by atoms with E-state index in [0.717, 1.165) is 0 Å². The molecule has 0 aromatic rings. The smallest absolute Gasteiger partial charge is 0.635 e. The third-order valence-corrected chi connectivity index (χ3v) is 1.78. The Hall–Kier alpha value is -1.02. The maximum absolute atomic E-state index is 10.0. The molecular weight excluding hydrogens is 320 g/mol. The number of hydrogen-bond donors (Lipinski definition) is 4. The predicted octanol–water partition coefficient (Wildman–Crippen LogP) is -8.30. The number of hydroxylamine groups is 2. The average molecular weight is 334 g/mol. The van der Waals surface area contributed by atoms with Crippen molar-refractivity contribution in [1.29, 1.82) is 0 Å². The second-order valence-corrected chi connectivity index (χ2v) is 3.46. The minimum Gasteiger partial charge on any atom is -0.635 e. The zero-order chi connectivity index (χ0) is 16.3. The van der Waals surface area contributed by atoms with Crippen LogP contribution in [0.15, 0.2) is 0 Å². The van der Waals surface area contributed by atoms with E-state index in [2.05, 4.69) is 11.5 Å². The molecule has 0 spiro atoms. The topological polar surface area (TPSA) is 246 Å². The molecule has 0 aromatic heterocycles. The van der Waals surface area contributed by atoms with E-state index in [1.54, 1.807) is 0 Å². The van der Waals surface area contributed by atoms with Crippen molar-refractivity contribution >= 4 is 61.5 Å². The molecule has 0 aliphatic carbocycles.